The Morgan fingerprint density at radius 3 is 2.53 bits per heavy atom. The lowest BCUT2D eigenvalue weighted by Gasteiger charge is -2.56. The van der Waals surface area contributed by atoms with Crippen LogP contribution in [0.15, 0.2) is 24.0 Å². The summed E-state index contributed by atoms with van der Waals surface area (Å²) in [7, 11) is 2.02. The van der Waals surface area contributed by atoms with Gasteiger partial charge in [-0.25, -0.2) is 9.59 Å². The summed E-state index contributed by atoms with van der Waals surface area (Å²) in [5.41, 5.74) is 0.456. The minimum absolute atomic E-state index is 0.117. The van der Waals surface area contributed by atoms with Crippen molar-refractivity contribution >= 4 is 23.8 Å². The van der Waals surface area contributed by atoms with Crippen molar-refractivity contribution in [2.75, 3.05) is 13.6 Å². The van der Waals surface area contributed by atoms with Crippen molar-refractivity contribution < 1.29 is 43.6 Å². The van der Waals surface area contributed by atoms with Crippen LogP contribution in [0.5, 0.6) is 5.75 Å². The molecule has 0 unspecified atom stereocenters. The van der Waals surface area contributed by atoms with Gasteiger partial charge in [0.25, 0.3) is 0 Å². The SMILES string of the molecule is CC(=O)N[C@@H](CC(C)C)C(=O)N[C@@H](C)C(=O)O[C@@H](C)C(=O)OC1=CC[C@@]2(O)[C@H]3Cc4ccc(CO)c5c4[C@@]2(CCCN3C)[C@H]1O5. The lowest BCUT2D eigenvalue weighted by molar-refractivity contribution is -0.169. The van der Waals surface area contributed by atoms with Crippen molar-refractivity contribution in [3.8, 4) is 5.75 Å². The zero-order valence-electron chi connectivity index (χ0n) is 26.8. The zero-order valence-corrected chi connectivity index (χ0v) is 26.8. The predicted molar refractivity (Wildman–Crippen MR) is 162 cm³/mol. The highest BCUT2D eigenvalue weighted by molar-refractivity contribution is 5.90. The van der Waals surface area contributed by atoms with E-state index in [1.807, 2.05) is 33.0 Å². The van der Waals surface area contributed by atoms with E-state index in [0.717, 1.165) is 24.1 Å². The van der Waals surface area contributed by atoms with E-state index in [2.05, 4.69) is 15.5 Å². The Morgan fingerprint density at radius 2 is 1.87 bits per heavy atom. The first kappa shape index (κ1) is 32.9. The Labute approximate surface area is 263 Å². The largest absolute Gasteiger partial charge is 0.481 e. The number of nitrogens with zero attached hydrogens (tertiary/aromatic N) is 1. The highest BCUT2D eigenvalue weighted by atomic mass is 16.6. The number of nitrogens with one attached hydrogen (secondary N) is 2. The Morgan fingerprint density at radius 1 is 1.13 bits per heavy atom. The van der Waals surface area contributed by atoms with Gasteiger partial charge in [-0.15, -0.1) is 0 Å². The number of rotatable bonds is 10. The number of likely N-dealkylation sites (tertiary alicyclic amines) is 1. The smallest absolute Gasteiger partial charge is 0.352 e. The van der Waals surface area contributed by atoms with E-state index >= 15 is 0 Å². The topological polar surface area (TPSA) is 164 Å². The number of aliphatic hydroxyl groups excluding tert-OH is 1. The van der Waals surface area contributed by atoms with Crippen molar-refractivity contribution in [1.29, 1.82) is 0 Å². The Bertz CT molecular complexity index is 1410. The second-order valence-corrected chi connectivity index (χ2v) is 13.4. The highest BCUT2D eigenvalue weighted by Crippen LogP contribution is 2.64. The third kappa shape index (κ3) is 5.61. The molecule has 0 aromatic heterocycles. The molecule has 1 saturated heterocycles. The monoisotopic (exact) mass is 627 g/mol. The van der Waals surface area contributed by atoms with Gasteiger partial charge in [0.15, 0.2) is 12.2 Å². The molecule has 0 saturated carbocycles. The second kappa shape index (κ2) is 12.4. The Hall–Kier alpha value is -3.48. The van der Waals surface area contributed by atoms with Crippen LogP contribution in [0.2, 0.25) is 0 Å². The normalized spacial score (nSPS) is 28.4. The average molecular weight is 628 g/mol. The van der Waals surface area contributed by atoms with Gasteiger partial charge in [0, 0.05) is 30.5 Å². The fourth-order valence-corrected chi connectivity index (χ4v) is 7.73. The van der Waals surface area contributed by atoms with E-state index in [1.165, 1.54) is 20.8 Å². The van der Waals surface area contributed by atoms with E-state index in [1.54, 1.807) is 6.08 Å². The second-order valence-electron chi connectivity index (χ2n) is 13.4. The number of benzene rings is 1. The summed E-state index contributed by atoms with van der Waals surface area (Å²) < 4.78 is 17.8. The third-order valence-corrected chi connectivity index (χ3v) is 9.81. The van der Waals surface area contributed by atoms with Gasteiger partial charge in [-0.1, -0.05) is 26.0 Å². The fraction of sp³-hybridized carbons (Fsp3) is 0.636. The van der Waals surface area contributed by atoms with Gasteiger partial charge in [-0.05, 0) is 70.7 Å². The molecule has 1 spiro atoms. The van der Waals surface area contributed by atoms with Crippen LogP contribution in [-0.2, 0) is 47.1 Å². The summed E-state index contributed by atoms with van der Waals surface area (Å²) in [5, 5.41) is 27.8. The summed E-state index contributed by atoms with van der Waals surface area (Å²) in [4.78, 5) is 52.7. The first-order chi connectivity index (χ1) is 21.2. The van der Waals surface area contributed by atoms with Crippen LogP contribution in [0.1, 0.15) is 77.0 Å². The van der Waals surface area contributed by atoms with E-state index in [0.29, 0.717) is 30.6 Å². The molecule has 5 rings (SSSR count). The molecule has 2 aliphatic heterocycles. The molecule has 2 aliphatic carbocycles. The fourth-order valence-electron chi connectivity index (χ4n) is 7.73. The van der Waals surface area contributed by atoms with Crippen LogP contribution in [0.25, 0.3) is 0 Å². The maximum absolute atomic E-state index is 13.3. The number of carbonyl (C=O) groups excluding carboxylic acids is 4. The van der Waals surface area contributed by atoms with Crippen LogP contribution in [0.4, 0.5) is 0 Å². The first-order valence-corrected chi connectivity index (χ1v) is 15.8. The molecule has 1 aromatic carbocycles. The Balaban J connectivity index is 1.32. The van der Waals surface area contributed by atoms with Gasteiger partial charge in [0.1, 0.15) is 23.6 Å². The van der Waals surface area contributed by atoms with Crippen LogP contribution in [0.3, 0.4) is 0 Å². The molecular weight excluding hydrogens is 582 g/mol. The van der Waals surface area contributed by atoms with Crippen molar-refractivity contribution in [3.63, 3.8) is 0 Å². The van der Waals surface area contributed by atoms with Crippen LogP contribution >= 0.6 is 0 Å². The molecule has 2 amide bonds. The Kier molecular flexibility index (Phi) is 9.05. The summed E-state index contributed by atoms with van der Waals surface area (Å²) in [5.74, 6) is -1.68. The van der Waals surface area contributed by atoms with Gasteiger partial charge in [0.05, 0.1) is 17.6 Å². The maximum Gasteiger partial charge on any atom is 0.352 e. The third-order valence-electron chi connectivity index (χ3n) is 9.81. The molecule has 2 bridgehead atoms. The number of esters is 2. The molecule has 12 heteroatoms. The predicted octanol–water partition coefficient (Wildman–Crippen LogP) is 1.38. The molecule has 7 atom stereocenters. The molecule has 0 radical (unpaired) electrons. The lowest BCUT2D eigenvalue weighted by atomic mass is 9.52. The number of aliphatic hydroxyl groups is 2. The van der Waals surface area contributed by atoms with E-state index in [-0.39, 0.29) is 36.7 Å². The number of likely N-dealkylation sites (N-methyl/N-ethyl adjacent to an activating group) is 1. The molecule has 4 aliphatic rings. The van der Waals surface area contributed by atoms with Crippen LogP contribution in [0, 0.1) is 5.92 Å². The number of hydrogen-bond acceptors (Lipinski definition) is 10. The average Bonchev–Trinajstić information content (AvgIpc) is 3.31. The van der Waals surface area contributed by atoms with Crippen molar-refractivity contribution in [2.24, 2.45) is 5.92 Å². The summed E-state index contributed by atoms with van der Waals surface area (Å²) in [6, 6.07) is 1.75. The number of hydrogen-bond donors (Lipinski definition) is 4. The molecule has 1 aromatic rings. The molecular formula is C33H45N3O9. The summed E-state index contributed by atoms with van der Waals surface area (Å²) in [6.07, 6.45) is 2.19. The number of ether oxygens (including phenoxy) is 3. The maximum atomic E-state index is 13.3. The van der Waals surface area contributed by atoms with Gasteiger partial charge >= 0.3 is 11.9 Å². The van der Waals surface area contributed by atoms with Crippen LogP contribution in [-0.4, -0.2) is 88.4 Å². The molecule has 1 fully saturated rings. The summed E-state index contributed by atoms with van der Waals surface area (Å²) in [6.45, 7) is 8.51. The molecule has 2 heterocycles. The van der Waals surface area contributed by atoms with Crippen LogP contribution < -0.4 is 15.4 Å². The van der Waals surface area contributed by atoms with Gasteiger partial charge < -0.3 is 40.0 Å². The van der Waals surface area contributed by atoms with Gasteiger partial charge in [-0.3, -0.25) is 9.59 Å². The first-order valence-electron chi connectivity index (χ1n) is 15.8. The zero-order chi connectivity index (χ0) is 32.8. The molecule has 246 valence electrons. The summed E-state index contributed by atoms with van der Waals surface area (Å²) >= 11 is 0. The van der Waals surface area contributed by atoms with Gasteiger partial charge in [-0.2, -0.15) is 0 Å². The molecule has 4 N–H and O–H groups in total. The van der Waals surface area contributed by atoms with Crippen molar-refractivity contribution in [1.82, 2.24) is 15.5 Å². The van der Waals surface area contributed by atoms with Crippen molar-refractivity contribution in [2.45, 2.75) is 115 Å². The molecule has 12 nitrogen and oxygen atoms in total. The quantitative estimate of drug-likeness (QED) is 0.279. The van der Waals surface area contributed by atoms with Gasteiger partial charge in [0.2, 0.25) is 11.8 Å². The lowest BCUT2D eigenvalue weighted by Crippen LogP contribution is -2.69. The number of carbonyl (C=O) groups is 4. The molecule has 45 heavy (non-hydrogen) atoms. The minimum Gasteiger partial charge on any atom is -0.481 e. The minimum atomic E-state index is -1.32. The standard InChI is InChI=1S/C33H45N3O9/c1-17(2)14-23(35-20(5)38)29(39)34-18(3)30(40)43-19(4)31(41)44-24-10-12-33(42)25-15-21-8-9-22(16-37)27-26(21)32(33,28(24)45-27)11-7-13-36(25)6/h8-10,17-19,23,25,28,37,42H,7,11-16H2,1-6H3,(H,34,39)(H,35,38)/t18-,19-,23-,25+,28-,32-,33+/m0/s1. The van der Waals surface area contributed by atoms with Crippen molar-refractivity contribution in [3.05, 3.63) is 40.7 Å². The van der Waals surface area contributed by atoms with E-state index in [4.69, 9.17) is 14.2 Å². The number of amides is 2. The van der Waals surface area contributed by atoms with E-state index < -0.39 is 53.2 Å². The highest BCUT2D eigenvalue weighted by Gasteiger charge is 2.70. The van der Waals surface area contributed by atoms with E-state index in [9.17, 15) is 29.4 Å².